The second kappa shape index (κ2) is 6.68. The molecule has 8 heteroatoms. The number of benzene rings is 1. The van der Waals surface area contributed by atoms with Crippen LogP contribution in [-0.4, -0.2) is 21.6 Å². The van der Waals surface area contributed by atoms with Crippen LogP contribution in [0.4, 0.5) is 10.5 Å². The zero-order valence-corrected chi connectivity index (χ0v) is 14.1. The Morgan fingerprint density at radius 2 is 2.12 bits per heavy atom. The summed E-state index contributed by atoms with van der Waals surface area (Å²) >= 11 is 0. The zero-order valence-electron chi connectivity index (χ0n) is 14.1. The van der Waals surface area contributed by atoms with Gasteiger partial charge in [-0.2, -0.15) is 0 Å². The van der Waals surface area contributed by atoms with Crippen LogP contribution in [0.25, 0.3) is 11.2 Å². The highest BCUT2D eigenvalue weighted by Crippen LogP contribution is 2.29. The minimum absolute atomic E-state index is 0.0329. The Labute approximate surface area is 143 Å². The van der Waals surface area contributed by atoms with Crippen LogP contribution >= 0.6 is 0 Å². The average Bonchev–Trinajstić information content (AvgIpc) is 2.83. The number of nitrogens with one attached hydrogen (secondary N) is 2. The van der Waals surface area contributed by atoms with E-state index < -0.39 is 5.76 Å². The lowest BCUT2D eigenvalue weighted by Crippen LogP contribution is -2.34. The molecule has 0 unspecified atom stereocenters. The first-order valence-electron chi connectivity index (χ1n) is 7.74. The molecule has 0 saturated carbocycles. The second-order valence-electron chi connectivity index (χ2n) is 5.77. The molecule has 25 heavy (non-hydrogen) atoms. The number of nitrogens with zero attached hydrogens (tertiary/aromatic N) is 2. The molecule has 0 radical (unpaired) electrons. The predicted octanol–water partition coefficient (Wildman–Crippen LogP) is 2.85. The molecule has 2 amide bonds. The molecular formula is C17H18N4O4. The lowest BCUT2D eigenvalue weighted by Gasteiger charge is -2.11. The number of aromatic nitrogens is 2. The number of ether oxygens (including phenoxy) is 1. The Morgan fingerprint density at radius 3 is 2.88 bits per heavy atom. The number of carbonyl (C=O) groups is 1. The summed E-state index contributed by atoms with van der Waals surface area (Å²) in [5.41, 5.74) is 1.24. The molecule has 1 aromatic carbocycles. The van der Waals surface area contributed by atoms with Crippen molar-refractivity contribution in [3.05, 3.63) is 47.1 Å². The molecule has 0 spiro atoms. The Balaban J connectivity index is 1.84. The lowest BCUT2D eigenvalue weighted by molar-refractivity contribution is 0.250. The minimum Gasteiger partial charge on any atom is -0.453 e. The Morgan fingerprint density at radius 1 is 1.32 bits per heavy atom. The van der Waals surface area contributed by atoms with E-state index in [1.165, 1.54) is 10.8 Å². The number of anilines is 1. The van der Waals surface area contributed by atoms with Crippen LogP contribution in [0.5, 0.6) is 11.5 Å². The molecule has 2 N–H and O–H groups in total. The number of pyridine rings is 1. The van der Waals surface area contributed by atoms with Crippen LogP contribution in [-0.2, 0) is 7.05 Å². The van der Waals surface area contributed by atoms with Gasteiger partial charge >= 0.3 is 11.8 Å². The number of fused-ring (bicyclic) bond motifs is 1. The van der Waals surface area contributed by atoms with Gasteiger partial charge in [0.05, 0.1) is 0 Å². The molecule has 3 aromatic rings. The van der Waals surface area contributed by atoms with E-state index in [1.54, 1.807) is 37.4 Å². The van der Waals surface area contributed by atoms with Crippen LogP contribution in [0.15, 0.2) is 45.7 Å². The highest BCUT2D eigenvalue weighted by Gasteiger charge is 2.13. The average molecular weight is 342 g/mol. The molecule has 0 bridgehead atoms. The molecule has 0 atom stereocenters. The summed E-state index contributed by atoms with van der Waals surface area (Å²) in [5.74, 6) is 0.340. The maximum atomic E-state index is 11.8. The summed E-state index contributed by atoms with van der Waals surface area (Å²) < 4.78 is 12.3. The Kier molecular flexibility index (Phi) is 4.42. The van der Waals surface area contributed by atoms with Gasteiger partial charge in [0.25, 0.3) is 0 Å². The van der Waals surface area contributed by atoms with E-state index in [4.69, 9.17) is 9.15 Å². The van der Waals surface area contributed by atoms with E-state index in [-0.39, 0.29) is 17.7 Å². The third-order valence-electron chi connectivity index (χ3n) is 3.37. The summed E-state index contributed by atoms with van der Waals surface area (Å²) in [5, 5.41) is 5.47. The highest BCUT2D eigenvalue weighted by molar-refractivity contribution is 5.89. The molecule has 0 aliphatic heterocycles. The van der Waals surface area contributed by atoms with Gasteiger partial charge in [0, 0.05) is 37.1 Å². The monoisotopic (exact) mass is 342 g/mol. The van der Waals surface area contributed by atoms with E-state index in [1.807, 2.05) is 13.8 Å². The summed E-state index contributed by atoms with van der Waals surface area (Å²) in [6.07, 6.45) is 1.53. The fourth-order valence-electron chi connectivity index (χ4n) is 2.27. The van der Waals surface area contributed by atoms with Gasteiger partial charge in [-0.25, -0.2) is 14.6 Å². The number of hydrogen-bond donors (Lipinski definition) is 2. The zero-order chi connectivity index (χ0) is 18.0. The maximum Gasteiger partial charge on any atom is 0.421 e. The van der Waals surface area contributed by atoms with Crippen molar-refractivity contribution in [2.24, 2.45) is 7.05 Å². The van der Waals surface area contributed by atoms with Gasteiger partial charge in [0.1, 0.15) is 5.75 Å². The topological polar surface area (TPSA) is 98.4 Å². The molecule has 2 aromatic heterocycles. The first-order chi connectivity index (χ1) is 11.9. The van der Waals surface area contributed by atoms with Crippen LogP contribution in [0.1, 0.15) is 13.8 Å². The largest absolute Gasteiger partial charge is 0.453 e. The number of carbonyl (C=O) groups excluding carboxylic acids is 1. The van der Waals surface area contributed by atoms with Crippen molar-refractivity contribution >= 4 is 22.9 Å². The SMILES string of the molecule is CC(C)NC(=O)Nc1cccc(Oc2ccnc3c2oc(=O)n3C)c1. The van der Waals surface area contributed by atoms with Crippen LogP contribution in [0, 0.1) is 0 Å². The fraction of sp³-hybridized carbons (Fsp3) is 0.235. The van der Waals surface area contributed by atoms with E-state index in [9.17, 15) is 9.59 Å². The summed E-state index contributed by atoms with van der Waals surface area (Å²) in [4.78, 5) is 27.5. The number of amides is 2. The van der Waals surface area contributed by atoms with Crippen molar-refractivity contribution in [3.63, 3.8) is 0 Å². The lowest BCUT2D eigenvalue weighted by atomic mass is 10.3. The summed E-state index contributed by atoms with van der Waals surface area (Å²) in [6, 6.07) is 8.25. The van der Waals surface area contributed by atoms with Crippen LogP contribution in [0.3, 0.4) is 0 Å². The molecule has 8 nitrogen and oxygen atoms in total. The van der Waals surface area contributed by atoms with Crippen LogP contribution < -0.4 is 21.1 Å². The van der Waals surface area contributed by atoms with Crippen LogP contribution in [0.2, 0.25) is 0 Å². The summed E-state index contributed by atoms with van der Waals surface area (Å²) in [7, 11) is 1.57. The first kappa shape index (κ1) is 16.6. The number of urea groups is 1. The van der Waals surface area contributed by atoms with Crippen molar-refractivity contribution in [1.29, 1.82) is 0 Å². The molecule has 0 aliphatic carbocycles. The van der Waals surface area contributed by atoms with E-state index in [0.717, 1.165) is 0 Å². The van der Waals surface area contributed by atoms with Gasteiger partial charge in [0.2, 0.25) is 5.58 Å². The van der Waals surface area contributed by atoms with E-state index in [0.29, 0.717) is 22.8 Å². The predicted molar refractivity (Wildman–Crippen MR) is 93.1 cm³/mol. The number of oxazole rings is 1. The smallest absolute Gasteiger partial charge is 0.421 e. The molecule has 0 fully saturated rings. The Bertz CT molecular complexity index is 974. The Hall–Kier alpha value is -3.29. The summed E-state index contributed by atoms with van der Waals surface area (Å²) in [6.45, 7) is 3.75. The van der Waals surface area contributed by atoms with Crippen molar-refractivity contribution in [1.82, 2.24) is 14.9 Å². The van der Waals surface area contributed by atoms with E-state index in [2.05, 4.69) is 15.6 Å². The van der Waals surface area contributed by atoms with Gasteiger partial charge < -0.3 is 19.8 Å². The van der Waals surface area contributed by atoms with Crippen molar-refractivity contribution in [2.75, 3.05) is 5.32 Å². The van der Waals surface area contributed by atoms with Gasteiger partial charge in [-0.15, -0.1) is 0 Å². The maximum absolute atomic E-state index is 11.8. The van der Waals surface area contributed by atoms with Gasteiger partial charge in [0.15, 0.2) is 11.4 Å². The second-order valence-corrected chi connectivity index (χ2v) is 5.77. The third kappa shape index (κ3) is 3.63. The number of rotatable bonds is 4. The van der Waals surface area contributed by atoms with Gasteiger partial charge in [-0.3, -0.25) is 4.57 Å². The standard InChI is InChI=1S/C17H18N4O4/c1-10(2)19-16(22)20-11-5-4-6-12(9-11)24-13-7-8-18-15-14(13)25-17(23)21(15)3/h4-10H,1-3H3,(H2,19,20,22). The van der Waals surface area contributed by atoms with Gasteiger partial charge in [-0.1, -0.05) is 6.07 Å². The molecule has 130 valence electrons. The van der Waals surface area contributed by atoms with Crippen molar-refractivity contribution in [2.45, 2.75) is 19.9 Å². The van der Waals surface area contributed by atoms with Crippen molar-refractivity contribution in [3.8, 4) is 11.5 Å². The number of hydrogen-bond acceptors (Lipinski definition) is 5. The molecule has 0 aliphatic rings. The first-order valence-corrected chi connectivity index (χ1v) is 7.74. The normalized spacial score (nSPS) is 10.9. The fourth-order valence-corrected chi connectivity index (χ4v) is 2.27. The third-order valence-corrected chi connectivity index (χ3v) is 3.37. The highest BCUT2D eigenvalue weighted by atomic mass is 16.5. The minimum atomic E-state index is -0.515. The molecule has 3 rings (SSSR count). The number of aryl methyl sites for hydroxylation is 1. The van der Waals surface area contributed by atoms with Gasteiger partial charge in [-0.05, 0) is 26.0 Å². The molecule has 2 heterocycles. The molecule has 0 saturated heterocycles. The molecular weight excluding hydrogens is 324 g/mol. The quantitative estimate of drug-likeness (QED) is 0.760. The van der Waals surface area contributed by atoms with E-state index >= 15 is 0 Å². The van der Waals surface area contributed by atoms with Crippen molar-refractivity contribution < 1.29 is 13.9 Å².